The molecule has 36 heavy (non-hydrogen) atoms. The van der Waals surface area contributed by atoms with E-state index in [0.717, 1.165) is 6.42 Å². The molecule has 10 N–H and O–H groups in total. The summed E-state index contributed by atoms with van der Waals surface area (Å²) in [5.74, 6) is -0.236. The van der Waals surface area contributed by atoms with E-state index in [4.69, 9.17) is 24.7 Å². The van der Waals surface area contributed by atoms with Crippen molar-refractivity contribution in [2.45, 2.75) is 126 Å². The van der Waals surface area contributed by atoms with Gasteiger partial charge in [0.2, 0.25) is 0 Å². The van der Waals surface area contributed by atoms with Crippen LogP contribution in [-0.2, 0) is 18.9 Å². The molecule has 15 atom stereocenters. The molecule has 15 unspecified atom stereocenters. The first-order chi connectivity index (χ1) is 17.0. The van der Waals surface area contributed by atoms with Crippen LogP contribution in [0.5, 0.6) is 0 Å². The molecule has 3 fully saturated rings. The molecule has 13 heteroatoms. The molecule has 3 rings (SSSR count). The minimum Gasteiger partial charge on any atom is -0.394 e. The summed E-state index contributed by atoms with van der Waals surface area (Å²) in [6.07, 6.45) is -13.0. The maximum absolute atomic E-state index is 11.4. The van der Waals surface area contributed by atoms with E-state index < -0.39 is 86.3 Å². The van der Waals surface area contributed by atoms with E-state index in [-0.39, 0.29) is 12.0 Å². The largest absolute Gasteiger partial charge is 0.394 e. The highest BCUT2D eigenvalue weighted by atomic mass is 16.7. The van der Waals surface area contributed by atoms with Gasteiger partial charge in [-0.05, 0) is 31.7 Å². The number of hydrogen-bond donors (Lipinski definition) is 9. The quantitative estimate of drug-likeness (QED) is 0.143. The van der Waals surface area contributed by atoms with Crippen molar-refractivity contribution in [3.63, 3.8) is 0 Å². The van der Waals surface area contributed by atoms with Crippen LogP contribution in [-0.4, -0.2) is 135 Å². The van der Waals surface area contributed by atoms with Gasteiger partial charge in [-0.1, -0.05) is 20.8 Å². The predicted molar refractivity (Wildman–Crippen MR) is 124 cm³/mol. The monoisotopic (exact) mass is 524 g/mol. The fourth-order valence-corrected chi connectivity index (χ4v) is 5.25. The zero-order valence-corrected chi connectivity index (χ0v) is 21.0. The van der Waals surface area contributed by atoms with Crippen LogP contribution in [0.1, 0.15) is 40.0 Å². The zero-order valence-electron chi connectivity index (χ0n) is 21.0. The van der Waals surface area contributed by atoms with Crippen molar-refractivity contribution < 1.29 is 54.7 Å². The van der Waals surface area contributed by atoms with Crippen molar-refractivity contribution in [2.24, 2.45) is 11.7 Å². The first-order valence-electron chi connectivity index (χ1n) is 12.9. The van der Waals surface area contributed by atoms with Gasteiger partial charge in [-0.15, -0.1) is 0 Å². The lowest BCUT2D eigenvalue weighted by Crippen LogP contribution is -2.67. The van der Waals surface area contributed by atoms with Gasteiger partial charge in [-0.25, -0.2) is 0 Å². The normalized spacial score (nSPS) is 50.2. The molecule has 0 aromatic rings. The Kier molecular flexibility index (Phi) is 10.9. The second-order valence-corrected chi connectivity index (χ2v) is 10.2. The molecule has 2 aliphatic heterocycles. The second kappa shape index (κ2) is 13.0. The van der Waals surface area contributed by atoms with Crippen LogP contribution in [0.2, 0.25) is 0 Å². The van der Waals surface area contributed by atoms with Crippen LogP contribution in [0.15, 0.2) is 0 Å². The summed E-state index contributed by atoms with van der Waals surface area (Å²) in [5.41, 5.74) is 5.91. The molecular formula is C23H44N2O11. The maximum Gasteiger partial charge on any atom is 0.186 e. The summed E-state index contributed by atoms with van der Waals surface area (Å²) < 4.78 is 23.3. The number of hydrogen-bond acceptors (Lipinski definition) is 13. The number of nitrogens with one attached hydrogen (secondary N) is 1. The molecule has 0 aromatic carbocycles. The highest BCUT2D eigenvalue weighted by molar-refractivity contribution is 5.00. The minimum absolute atomic E-state index is 0.236. The number of ether oxygens (including phenoxy) is 4. The summed E-state index contributed by atoms with van der Waals surface area (Å²) in [6, 6.07) is -1.51. The summed E-state index contributed by atoms with van der Waals surface area (Å²) in [4.78, 5) is 0. The Morgan fingerprint density at radius 3 is 2.03 bits per heavy atom. The number of aliphatic hydroxyl groups is 7. The fourth-order valence-electron chi connectivity index (χ4n) is 5.25. The Labute approximate surface area is 211 Å². The van der Waals surface area contributed by atoms with Crippen LogP contribution < -0.4 is 11.1 Å². The Balaban J connectivity index is 1.79. The van der Waals surface area contributed by atoms with Crippen molar-refractivity contribution in [1.29, 1.82) is 0 Å². The maximum atomic E-state index is 11.4. The molecule has 1 aliphatic carbocycles. The molecule has 0 aromatic heterocycles. The second-order valence-electron chi connectivity index (χ2n) is 10.2. The third-order valence-electron chi connectivity index (χ3n) is 7.50. The average molecular weight is 525 g/mol. The lowest BCUT2D eigenvalue weighted by Gasteiger charge is -2.49. The third-order valence-corrected chi connectivity index (χ3v) is 7.50. The van der Waals surface area contributed by atoms with Gasteiger partial charge in [0.15, 0.2) is 12.6 Å². The molecule has 1 saturated carbocycles. The van der Waals surface area contributed by atoms with Gasteiger partial charge in [-0.2, -0.15) is 0 Å². The molecule has 3 aliphatic rings. The van der Waals surface area contributed by atoms with Gasteiger partial charge in [0.25, 0.3) is 0 Å². The standard InChI is InChI=1S/C23H44N2O11/c1-4-6-25-10-7-9(3)20(35-23-18(31)17(30)15(28)11(5-2)33-23)19(32)21(10)36-22-16(29)13(24)14(27)12(8-26)34-22/h9-23,25-32H,4-8,24H2,1-3H3. The van der Waals surface area contributed by atoms with E-state index in [1.165, 1.54) is 0 Å². The molecule has 2 heterocycles. The van der Waals surface area contributed by atoms with Gasteiger partial charge in [0, 0.05) is 6.04 Å². The van der Waals surface area contributed by atoms with Crippen molar-refractivity contribution in [3.8, 4) is 0 Å². The van der Waals surface area contributed by atoms with E-state index in [2.05, 4.69) is 5.32 Å². The first kappa shape index (κ1) is 30.0. The number of nitrogens with two attached hydrogens (primary N) is 1. The molecule has 0 amide bonds. The van der Waals surface area contributed by atoms with Gasteiger partial charge in [-0.3, -0.25) is 0 Å². The Morgan fingerprint density at radius 1 is 0.806 bits per heavy atom. The SMILES string of the molecule is CCCNC1CC(C)C(OC2OC(CC)C(O)C(O)C2O)C(O)C1OC1OC(CO)C(O)C(N)C1O. The van der Waals surface area contributed by atoms with Crippen LogP contribution in [0.4, 0.5) is 0 Å². The van der Waals surface area contributed by atoms with Crippen LogP contribution in [0.3, 0.4) is 0 Å². The highest BCUT2D eigenvalue weighted by Gasteiger charge is 2.51. The van der Waals surface area contributed by atoms with Crippen molar-refractivity contribution >= 4 is 0 Å². The molecule has 13 nitrogen and oxygen atoms in total. The van der Waals surface area contributed by atoms with Gasteiger partial charge < -0.3 is 65.7 Å². The molecular weight excluding hydrogens is 480 g/mol. The smallest absolute Gasteiger partial charge is 0.186 e. The third kappa shape index (κ3) is 6.20. The summed E-state index contributed by atoms with van der Waals surface area (Å²) in [7, 11) is 0. The Morgan fingerprint density at radius 2 is 1.42 bits per heavy atom. The molecule has 0 spiro atoms. The van der Waals surface area contributed by atoms with Crippen molar-refractivity contribution in [2.75, 3.05) is 13.2 Å². The topological polar surface area (TPSA) is 217 Å². The van der Waals surface area contributed by atoms with Gasteiger partial charge in [0.05, 0.1) is 24.9 Å². The summed E-state index contributed by atoms with van der Waals surface area (Å²) in [6.45, 7) is 5.70. The Hall–Kier alpha value is -0.520. The van der Waals surface area contributed by atoms with Crippen LogP contribution in [0, 0.1) is 5.92 Å². The Bertz CT molecular complexity index is 674. The van der Waals surface area contributed by atoms with E-state index >= 15 is 0 Å². The molecule has 212 valence electrons. The number of aliphatic hydroxyl groups excluding tert-OH is 7. The van der Waals surface area contributed by atoms with E-state index in [1.54, 1.807) is 6.92 Å². The number of rotatable bonds is 9. The molecule has 0 bridgehead atoms. The minimum atomic E-state index is -1.54. The van der Waals surface area contributed by atoms with E-state index in [0.29, 0.717) is 19.4 Å². The average Bonchev–Trinajstić information content (AvgIpc) is 2.86. The van der Waals surface area contributed by atoms with Gasteiger partial charge >= 0.3 is 0 Å². The van der Waals surface area contributed by atoms with Crippen LogP contribution in [0.25, 0.3) is 0 Å². The van der Waals surface area contributed by atoms with E-state index in [1.807, 2.05) is 13.8 Å². The predicted octanol–water partition coefficient (Wildman–Crippen LogP) is -3.49. The molecule has 2 saturated heterocycles. The highest BCUT2D eigenvalue weighted by Crippen LogP contribution is 2.35. The molecule has 0 radical (unpaired) electrons. The van der Waals surface area contributed by atoms with Crippen LogP contribution >= 0.6 is 0 Å². The lowest BCUT2D eigenvalue weighted by molar-refractivity contribution is -0.337. The first-order valence-corrected chi connectivity index (χ1v) is 12.9. The van der Waals surface area contributed by atoms with Crippen molar-refractivity contribution in [1.82, 2.24) is 5.32 Å². The summed E-state index contributed by atoms with van der Waals surface area (Å²) >= 11 is 0. The lowest BCUT2D eigenvalue weighted by atomic mass is 9.80. The van der Waals surface area contributed by atoms with E-state index in [9.17, 15) is 35.7 Å². The summed E-state index contributed by atoms with van der Waals surface area (Å²) in [5, 5.41) is 75.8. The zero-order chi connectivity index (χ0) is 26.7. The van der Waals surface area contributed by atoms with Crippen molar-refractivity contribution in [3.05, 3.63) is 0 Å². The fraction of sp³-hybridized carbons (Fsp3) is 1.00. The van der Waals surface area contributed by atoms with Gasteiger partial charge in [0.1, 0.15) is 48.8 Å².